The van der Waals surface area contributed by atoms with Crippen LogP contribution in [0.25, 0.3) is 0 Å². The first-order valence-electron chi connectivity index (χ1n) is 8.97. The maximum atomic E-state index is 13.0. The van der Waals surface area contributed by atoms with Gasteiger partial charge in [0.15, 0.2) is 0 Å². The Labute approximate surface area is 163 Å². The number of piperidine rings is 1. The van der Waals surface area contributed by atoms with E-state index < -0.39 is 0 Å². The molecule has 2 aliphatic rings. The van der Waals surface area contributed by atoms with E-state index in [-0.39, 0.29) is 36.9 Å². The van der Waals surface area contributed by atoms with Gasteiger partial charge in [0.05, 0.1) is 6.04 Å². The van der Waals surface area contributed by atoms with Gasteiger partial charge < -0.3 is 10.6 Å². The topological polar surface area (TPSA) is 49.6 Å². The Kier molecular flexibility index (Phi) is 9.22. The zero-order chi connectivity index (χ0) is 16.2. The highest BCUT2D eigenvalue weighted by molar-refractivity contribution is 5.85. The third-order valence-corrected chi connectivity index (χ3v) is 5.39. The predicted molar refractivity (Wildman–Crippen MR) is 107 cm³/mol. The van der Waals surface area contributed by atoms with Gasteiger partial charge in [0, 0.05) is 25.7 Å². The van der Waals surface area contributed by atoms with E-state index in [2.05, 4.69) is 41.0 Å². The van der Waals surface area contributed by atoms with Gasteiger partial charge in [0.2, 0.25) is 5.91 Å². The molecule has 0 aliphatic carbocycles. The number of rotatable bonds is 4. The lowest BCUT2D eigenvalue weighted by Gasteiger charge is -2.37. The first-order chi connectivity index (χ1) is 11.1. The quantitative estimate of drug-likeness (QED) is 0.863. The molecule has 6 heteroatoms. The zero-order valence-electron chi connectivity index (χ0n) is 15.0. The van der Waals surface area contributed by atoms with Gasteiger partial charge in [-0.2, -0.15) is 0 Å². The summed E-state index contributed by atoms with van der Waals surface area (Å²) in [6, 6.07) is 10.7. The SMILES string of the molecule is CC(N)C1CCCN(C(=O)C2CCCN2Cc2ccccc2)C1.Cl.Cl. The molecule has 3 rings (SSSR count). The highest BCUT2D eigenvalue weighted by atomic mass is 35.5. The molecule has 1 aromatic carbocycles. The molecular formula is C19H31Cl2N3O. The lowest BCUT2D eigenvalue weighted by Crippen LogP contribution is -2.51. The highest BCUT2D eigenvalue weighted by Crippen LogP contribution is 2.25. The maximum Gasteiger partial charge on any atom is 0.239 e. The Hall–Kier alpha value is -0.810. The van der Waals surface area contributed by atoms with E-state index in [9.17, 15) is 4.79 Å². The second-order valence-electron chi connectivity index (χ2n) is 7.16. The van der Waals surface area contributed by atoms with E-state index in [1.54, 1.807) is 0 Å². The maximum absolute atomic E-state index is 13.0. The summed E-state index contributed by atoms with van der Waals surface area (Å²) in [6.45, 7) is 5.71. The lowest BCUT2D eigenvalue weighted by molar-refractivity contribution is -0.138. The molecule has 0 radical (unpaired) electrons. The van der Waals surface area contributed by atoms with E-state index in [0.717, 1.165) is 51.9 Å². The number of nitrogens with zero attached hydrogens (tertiary/aromatic N) is 2. The van der Waals surface area contributed by atoms with E-state index >= 15 is 0 Å². The minimum atomic E-state index is 0. The van der Waals surface area contributed by atoms with E-state index in [4.69, 9.17) is 5.73 Å². The van der Waals surface area contributed by atoms with Gasteiger partial charge in [-0.3, -0.25) is 9.69 Å². The molecule has 0 aromatic heterocycles. The van der Waals surface area contributed by atoms with E-state index in [1.807, 2.05) is 6.07 Å². The number of carbonyl (C=O) groups is 1. The minimum absolute atomic E-state index is 0. The van der Waals surface area contributed by atoms with Gasteiger partial charge in [0.1, 0.15) is 0 Å². The molecule has 1 amide bonds. The van der Waals surface area contributed by atoms with Crippen molar-refractivity contribution in [2.45, 2.75) is 51.2 Å². The van der Waals surface area contributed by atoms with Crippen LogP contribution in [0, 0.1) is 5.92 Å². The molecule has 25 heavy (non-hydrogen) atoms. The van der Waals surface area contributed by atoms with Crippen LogP contribution in [0.1, 0.15) is 38.2 Å². The van der Waals surface area contributed by atoms with Crippen LogP contribution >= 0.6 is 24.8 Å². The monoisotopic (exact) mass is 387 g/mol. The number of amides is 1. The fourth-order valence-electron chi connectivity index (χ4n) is 3.96. The summed E-state index contributed by atoms with van der Waals surface area (Å²) < 4.78 is 0. The number of halogens is 2. The van der Waals surface area contributed by atoms with Crippen molar-refractivity contribution in [3.63, 3.8) is 0 Å². The molecule has 2 aliphatic heterocycles. The molecule has 0 saturated carbocycles. The smallest absolute Gasteiger partial charge is 0.239 e. The third-order valence-electron chi connectivity index (χ3n) is 5.39. The number of nitrogens with two attached hydrogens (primary N) is 1. The van der Waals surface area contributed by atoms with Gasteiger partial charge in [-0.1, -0.05) is 30.3 Å². The van der Waals surface area contributed by atoms with Gasteiger partial charge in [-0.05, 0) is 50.6 Å². The number of carbonyl (C=O) groups excluding carboxylic acids is 1. The van der Waals surface area contributed by atoms with Gasteiger partial charge in [-0.25, -0.2) is 0 Å². The number of hydrogen-bond donors (Lipinski definition) is 1. The predicted octanol–water partition coefficient (Wildman–Crippen LogP) is 3.08. The van der Waals surface area contributed by atoms with Gasteiger partial charge >= 0.3 is 0 Å². The Bertz CT molecular complexity index is 527. The van der Waals surface area contributed by atoms with E-state index in [1.165, 1.54) is 5.56 Å². The second kappa shape index (κ2) is 10.4. The van der Waals surface area contributed by atoms with Crippen LogP contribution in [0.3, 0.4) is 0 Å². The van der Waals surface area contributed by atoms with Crippen LogP contribution in [-0.2, 0) is 11.3 Å². The van der Waals surface area contributed by atoms with Crippen molar-refractivity contribution in [2.24, 2.45) is 11.7 Å². The van der Waals surface area contributed by atoms with Crippen molar-refractivity contribution < 1.29 is 4.79 Å². The normalized spacial score (nSPS) is 25.0. The summed E-state index contributed by atoms with van der Waals surface area (Å²) in [6.07, 6.45) is 4.35. The number of likely N-dealkylation sites (tertiary alicyclic amines) is 2. The summed E-state index contributed by atoms with van der Waals surface area (Å²) >= 11 is 0. The summed E-state index contributed by atoms with van der Waals surface area (Å²) in [5.74, 6) is 0.778. The van der Waals surface area contributed by atoms with Crippen molar-refractivity contribution in [3.8, 4) is 0 Å². The molecule has 142 valence electrons. The standard InChI is InChI=1S/C19H29N3O.2ClH/c1-15(20)17-9-5-12-22(14-17)19(23)18-10-6-11-21(18)13-16-7-3-2-4-8-16;;/h2-4,7-8,15,17-18H,5-6,9-14,20H2,1H3;2*1H. The Morgan fingerprint density at radius 3 is 2.52 bits per heavy atom. The van der Waals surface area contributed by atoms with Crippen LogP contribution < -0.4 is 5.73 Å². The van der Waals surface area contributed by atoms with Crippen molar-refractivity contribution in [1.29, 1.82) is 0 Å². The van der Waals surface area contributed by atoms with Crippen molar-refractivity contribution in [2.75, 3.05) is 19.6 Å². The highest BCUT2D eigenvalue weighted by Gasteiger charge is 2.35. The summed E-state index contributed by atoms with van der Waals surface area (Å²) in [5, 5.41) is 0. The molecule has 0 spiro atoms. The number of benzene rings is 1. The second-order valence-corrected chi connectivity index (χ2v) is 7.16. The van der Waals surface area contributed by atoms with Crippen molar-refractivity contribution in [3.05, 3.63) is 35.9 Å². The third kappa shape index (κ3) is 5.58. The fraction of sp³-hybridized carbons (Fsp3) is 0.632. The summed E-state index contributed by atoms with van der Waals surface area (Å²) in [7, 11) is 0. The average molecular weight is 388 g/mol. The van der Waals surface area contributed by atoms with Crippen LogP contribution in [0.4, 0.5) is 0 Å². The van der Waals surface area contributed by atoms with Crippen LogP contribution in [-0.4, -0.2) is 47.4 Å². The molecular weight excluding hydrogens is 357 g/mol. The molecule has 2 heterocycles. The largest absolute Gasteiger partial charge is 0.341 e. The van der Waals surface area contributed by atoms with E-state index in [0.29, 0.717) is 11.8 Å². The van der Waals surface area contributed by atoms with Gasteiger partial charge in [-0.15, -0.1) is 24.8 Å². The minimum Gasteiger partial charge on any atom is -0.341 e. The number of hydrogen-bond acceptors (Lipinski definition) is 3. The average Bonchev–Trinajstić information content (AvgIpc) is 3.03. The van der Waals surface area contributed by atoms with Crippen LogP contribution in [0.2, 0.25) is 0 Å². The lowest BCUT2D eigenvalue weighted by atomic mass is 9.91. The first-order valence-corrected chi connectivity index (χ1v) is 8.97. The Morgan fingerprint density at radius 2 is 1.84 bits per heavy atom. The molecule has 2 saturated heterocycles. The molecule has 3 atom stereocenters. The Morgan fingerprint density at radius 1 is 1.16 bits per heavy atom. The summed E-state index contributed by atoms with van der Waals surface area (Å²) in [5.41, 5.74) is 7.36. The summed E-state index contributed by atoms with van der Waals surface area (Å²) in [4.78, 5) is 17.4. The molecule has 4 nitrogen and oxygen atoms in total. The molecule has 3 unspecified atom stereocenters. The van der Waals surface area contributed by atoms with Crippen molar-refractivity contribution in [1.82, 2.24) is 9.80 Å². The first kappa shape index (κ1) is 22.2. The fourth-order valence-corrected chi connectivity index (χ4v) is 3.96. The van der Waals surface area contributed by atoms with Crippen LogP contribution in [0.15, 0.2) is 30.3 Å². The molecule has 2 N–H and O–H groups in total. The zero-order valence-corrected chi connectivity index (χ0v) is 16.6. The Balaban J connectivity index is 0.00000156. The van der Waals surface area contributed by atoms with Gasteiger partial charge in [0.25, 0.3) is 0 Å². The molecule has 0 bridgehead atoms. The van der Waals surface area contributed by atoms with Crippen molar-refractivity contribution >= 4 is 30.7 Å². The molecule has 1 aromatic rings. The van der Waals surface area contributed by atoms with Crippen LogP contribution in [0.5, 0.6) is 0 Å². The molecule has 2 fully saturated rings.